The number of amides is 2. The Labute approximate surface area is 213 Å². The number of aromatic nitrogens is 1. The number of hydrogen-bond donors (Lipinski definition) is 4. The summed E-state index contributed by atoms with van der Waals surface area (Å²) in [6, 6.07) is 3.64. The number of nitrogens with two attached hydrogens (primary N) is 1. The minimum atomic E-state index is -0.113. The number of carbonyl (C=O) groups is 2. The van der Waals surface area contributed by atoms with Crippen LogP contribution in [0.25, 0.3) is 0 Å². The first kappa shape index (κ1) is 24.0. The largest absolute Gasteiger partial charge is 0.481 e. The summed E-state index contributed by atoms with van der Waals surface area (Å²) in [6.45, 7) is 0.674. The molecular formula is C24H30N6O3S2. The van der Waals surface area contributed by atoms with Crippen LogP contribution in [0.3, 0.4) is 0 Å². The van der Waals surface area contributed by atoms with Crippen LogP contribution in [0.1, 0.15) is 52.9 Å². The van der Waals surface area contributed by atoms with Gasteiger partial charge in [-0.25, -0.2) is 10.8 Å². The summed E-state index contributed by atoms with van der Waals surface area (Å²) in [7, 11) is 1.57. The molecule has 5 rings (SSSR count). The second-order valence-corrected chi connectivity index (χ2v) is 10.9. The van der Waals surface area contributed by atoms with E-state index < -0.39 is 0 Å². The highest BCUT2D eigenvalue weighted by molar-refractivity contribution is 7.80. The van der Waals surface area contributed by atoms with Gasteiger partial charge in [0.25, 0.3) is 5.91 Å². The number of nitrogens with one attached hydrogen (secondary N) is 3. The number of thiocarbonyl (C=S) groups is 1. The number of fused-ring (bicyclic) bond motifs is 1. The van der Waals surface area contributed by atoms with Crippen LogP contribution < -0.4 is 31.5 Å². The molecule has 5 N–H and O–H groups in total. The first-order chi connectivity index (χ1) is 17.0. The zero-order chi connectivity index (χ0) is 24.5. The third-order valence-electron chi connectivity index (χ3n) is 6.81. The summed E-state index contributed by atoms with van der Waals surface area (Å²) in [5.74, 6) is 6.76. The van der Waals surface area contributed by atoms with Crippen molar-refractivity contribution in [2.45, 2.75) is 51.0 Å². The molecule has 2 amide bonds. The Bertz CT molecular complexity index is 1130. The van der Waals surface area contributed by atoms with Crippen LogP contribution >= 0.6 is 23.6 Å². The highest BCUT2D eigenvalue weighted by Crippen LogP contribution is 2.41. The van der Waals surface area contributed by atoms with E-state index in [9.17, 15) is 9.59 Å². The van der Waals surface area contributed by atoms with Gasteiger partial charge >= 0.3 is 0 Å². The molecule has 0 aromatic carbocycles. The van der Waals surface area contributed by atoms with Crippen molar-refractivity contribution in [2.75, 3.05) is 23.9 Å². The maximum atomic E-state index is 13.4. The van der Waals surface area contributed by atoms with Gasteiger partial charge in [0.2, 0.25) is 11.8 Å². The predicted molar refractivity (Wildman–Crippen MR) is 140 cm³/mol. The Morgan fingerprint density at radius 1 is 1.26 bits per heavy atom. The molecule has 2 aromatic heterocycles. The van der Waals surface area contributed by atoms with Crippen molar-refractivity contribution in [3.63, 3.8) is 0 Å². The molecule has 186 valence electrons. The quantitative estimate of drug-likeness (QED) is 0.241. The summed E-state index contributed by atoms with van der Waals surface area (Å²) in [5.41, 5.74) is 4.98. The second-order valence-electron chi connectivity index (χ2n) is 9.40. The van der Waals surface area contributed by atoms with Crippen LogP contribution in [-0.2, 0) is 17.6 Å². The number of ether oxygens (including phenoxy) is 1. The topological polar surface area (TPSA) is 122 Å². The molecule has 3 aliphatic rings. The van der Waals surface area contributed by atoms with Crippen molar-refractivity contribution in [3.05, 3.63) is 34.3 Å². The van der Waals surface area contributed by atoms with Crippen LogP contribution in [0.2, 0.25) is 0 Å². The number of thiophene rings is 1. The molecule has 11 heteroatoms. The molecule has 2 fully saturated rings. The molecule has 1 atom stereocenters. The van der Waals surface area contributed by atoms with Crippen LogP contribution in [-0.4, -0.2) is 41.6 Å². The molecule has 3 aliphatic carbocycles. The van der Waals surface area contributed by atoms with E-state index in [-0.39, 0.29) is 23.8 Å². The monoisotopic (exact) mass is 514 g/mol. The lowest BCUT2D eigenvalue weighted by molar-refractivity contribution is -0.117. The van der Waals surface area contributed by atoms with Gasteiger partial charge in [0, 0.05) is 29.4 Å². The Hall–Kier alpha value is -2.76. The summed E-state index contributed by atoms with van der Waals surface area (Å²) >= 11 is 7.08. The van der Waals surface area contributed by atoms with Gasteiger partial charge in [-0.05, 0) is 74.7 Å². The van der Waals surface area contributed by atoms with Crippen LogP contribution in [0.5, 0.6) is 5.88 Å². The predicted octanol–water partition coefficient (Wildman–Crippen LogP) is 2.75. The van der Waals surface area contributed by atoms with Crippen LogP contribution in [0, 0.1) is 11.8 Å². The lowest BCUT2D eigenvalue weighted by Crippen LogP contribution is -2.50. The van der Waals surface area contributed by atoms with Crippen LogP contribution in [0.15, 0.2) is 18.3 Å². The molecule has 0 aliphatic heterocycles. The molecule has 2 saturated carbocycles. The maximum absolute atomic E-state index is 13.4. The van der Waals surface area contributed by atoms with Gasteiger partial charge in [-0.15, -0.1) is 11.3 Å². The fourth-order valence-corrected chi connectivity index (χ4v) is 6.02. The van der Waals surface area contributed by atoms with Crippen molar-refractivity contribution in [1.82, 2.24) is 15.7 Å². The van der Waals surface area contributed by atoms with Gasteiger partial charge in [0.1, 0.15) is 5.00 Å². The molecule has 0 saturated heterocycles. The van der Waals surface area contributed by atoms with E-state index in [2.05, 4.69) is 21.0 Å². The minimum absolute atomic E-state index is 0.0100. The normalized spacial score (nSPS) is 18.9. The number of rotatable bonds is 8. The standard InChI is InChI=1S/C24H30N6O3S2/c1-33-19-9-7-16(12-26-19)30(24(34)29-25)15-6-8-18-17(10-15)20(22(32)27-11-13-2-3-13)23(35-18)28-21(31)14-4-5-14/h7,9,12-15H,2-6,8,10-11,25H2,1H3,(H,27,32)(H,28,31)(H,29,34)/t15-/m0/s1. The number of nitrogens with zero attached hydrogens (tertiary/aromatic N) is 2. The number of pyridine rings is 1. The summed E-state index contributed by atoms with van der Waals surface area (Å²) in [6.07, 6.45) is 8.04. The molecular weight excluding hydrogens is 484 g/mol. The first-order valence-electron chi connectivity index (χ1n) is 12.0. The summed E-state index contributed by atoms with van der Waals surface area (Å²) in [4.78, 5) is 33.4. The highest BCUT2D eigenvalue weighted by Gasteiger charge is 2.36. The third kappa shape index (κ3) is 5.26. The van der Waals surface area contributed by atoms with E-state index in [4.69, 9.17) is 22.8 Å². The fourth-order valence-electron chi connectivity index (χ4n) is 4.52. The summed E-state index contributed by atoms with van der Waals surface area (Å²) in [5, 5.41) is 7.20. The Morgan fingerprint density at radius 2 is 2.06 bits per heavy atom. The van der Waals surface area contributed by atoms with E-state index in [1.165, 1.54) is 11.3 Å². The second kappa shape index (κ2) is 10.1. The van der Waals surface area contributed by atoms with Crippen molar-refractivity contribution in [2.24, 2.45) is 17.7 Å². The molecule has 0 spiro atoms. The van der Waals surface area contributed by atoms with E-state index in [1.54, 1.807) is 19.4 Å². The molecule has 35 heavy (non-hydrogen) atoms. The smallest absolute Gasteiger partial charge is 0.254 e. The van der Waals surface area contributed by atoms with Crippen molar-refractivity contribution < 1.29 is 14.3 Å². The van der Waals surface area contributed by atoms with Gasteiger partial charge in [-0.1, -0.05) is 0 Å². The number of carbonyl (C=O) groups excluding carboxylic acids is 2. The molecule has 9 nitrogen and oxygen atoms in total. The first-order valence-corrected chi connectivity index (χ1v) is 13.2. The number of aryl methyl sites for hydroxylation is 1. The highest BCUT2D eigenvalue weighted by atomic mass is 32.1. The maximum Gasteiger partial charge on any atom is 0.254 e. The number of methoxy groups -OCH3 is 1. The molecule has 0 radical (unpaired) electrons. The number of hydrogen-bond acceptors (Lipinski definition) is 7. The lowest BCUT2D eigenvalue weighted by Gasteiger charge is -2.35. The molecule has 0 unspecified atom stereocenters. The van der Waals surface area contributed by atoms with E-state index in [0.29, 0.717) is 40.4 Å². The third-order valence-corrected chi connectivity index (χ3v) is 8.33. The average molecular weight is 515 g/mol. The van der Waals surface area contributed by atoms with Crippen LogP contribution in [0.4, 0.5) is 10.7 Å². The minimum Gasteiger partial charge on any atom is -0.481 e. The molecule has 2 heterocycles. The van der Waals surface area contributed by atoms with E-state index in [1.807, 2.05) is 11.0 Å². The van der Waals surface area contributed by atoms with Crippen molar-refractivity contribution >= 4 is 51.2 Å². The van der Waals surface area contributed by atoms with E-state index in [0.717, 1.165) is 54.7 Å². The van der Waals surface area contributed by atoms with Crippen molar-refractivity contribution in [1.29, 1.82) is 0 Å². The summed E-state index contributed by atoms with van der Waals surface area (Å²) < 4.78 is 5.19. The van der Waals surface area contributed by atoms with Crippen molar-refractivity contribution in [3.8, 4) is 5.88 Å². The Kier molecular flexibility index (Phi) is 6.90. The number of hydrazine groups is 1. The number of anilines is 2. The van der Waals surface area contributed by atoms with Gasteiger partial charge in [0.15, 0.2) is 5.11 Å². The van der Waals surface area contributed by atoms with Gasteiger partial charge in [-0.3, -0.25) is 9.59 Å². The lowest BCUT2D eigenvalue weighted by atomic mass is 9.90. The van der Waals surface area contributed by atoms with Gasteiger partial charge < -0.3 is 25.7 Å². The SMILES string of the molecule is COc1ccc(N(C(=S)NN)[C@H]2CCc3sc(NC(=O)C4CC4)c(C(=O)NCC4CC4)c3C2)cn1. The Balaban J connectivity index is 1.44. The van der Waals surface area contributed by atoms with E-state index >= 15 is 0 Å². The molecule has 0 bridgehead atoms. The Morgan fingerprint density at radius 3 is 2.69 bits per heavy atom. The van der Waals surface area contributed by atoms with Gasteiger partial charge in [-0.2, -0.15) is 0 Å². The average Bonchev–Trinajstić information content (AvgIpc) is 3.80. The van der Waals surface area contributed by atoms with Gasteiger partial charge in [0.05, 0.1) is 24.6 Å². The zero-order valence-electron chi connectivity index (χ0n) is 19.6. The fraction of sp³-hybridized carbons (Fsp3) is 0.500. The zero-order valence-corrected chi connectivity index (χ0v) is 21.3. The molecule has 2 aromatic rings.